The number of hydrogen-bond donors (Lipinski definition) is 1. The van der Waals surface area contributed by atoms with Crippen molar-refractivity contribution in [1.82, 2.24) is 14.8 Å². The number of nitrogens with one attached hydrogen (secondary N) is 1. The molecule has 28 heavy (non-hydrogen) atoms. The van der Waals surface area contributed by atoms with Crippen LogP contribution < -0.4 is 5.32 Å². The molecule has 1 aliphatic heterocycles. The second kappa shape index (κ2) is 7.54. The Balaban J connectivity index is 1.85. The Morgan fingerprint density at radius 3 is 2.57 bits per heavy atom. The summed E-state index contributed by atoms with van der Waals surface area (Å²) >= 11 is 3.39. The number of urea groups is 1. The predicted molar refractivity (Wildman–Crippen MR) is 110 cm³/mol. The fraction of sp³-hybridized carbons (Fsp3) is 0.381. The van der Waals surface area contributed by atoms with Gasteiger partial charge >= 0.3 is 6.03 Å². The third-order valence-corrected chi connectivity index (χ3v) is 5.79. The number of imide groups is 1. The number of carbonyl (C=O) groups excluding carboxylic acids is 3. The zero-order valence-electron chi connectivity index (χ0n) is 16.5. The molecule has 1 atom stereocenters. The molecular formula is C21H24BrN3O3. The molecule has 2 heterocycles. The Bertz CT molecular complexity index is 966. The van der Waals surface area contributed by atoms with E-state index in [1.54, 1.807) is 25.1 Å². The lowest BCUT2D eigenvalue weighted by Gasteiger charge is -2.22. The third-order valence-electron chi connectivity index (χ3n) is 5.30. The molecule has 1 N–H and O–H groups in total. The number of nitrogens with zero attached hydrogens (tertiary/aromatic N) is 2. The highest BCUT2D eigenvalue weighted by atomic mass is 79.9. The average molecular weight is 446 g/mol. The van der Waals surface area contributed by atoms with Crippen LogP contribution in [0.1, 0.15) is 47.6 Å². The number of aryl methyl sites for hydroxylation is 1. The SMILES string of the molecule is CCCn1c(C)cc(C(=O)CN2C(=O)NC(C)(c3cccc(Br)c3)C2=O)c1C. The van der Waals surface area contributed by atoms with Crippen molar-refractivity contribution in [2.24, 2.45) is 0 Å². The van der Waals surface area contributed by atoms with Crippen molar-refractivity contribution in [1.29, 1.82) is 0 Å². The summed E-state index contributed by atoms with van der Waals surface area (Å²) in [5.41, 5.74) is 1.89. The number of Topliss-reactive ketones (excluding diaryl/α,β-unsaturated/α-hetero) is 1. The number of aromatic nitrogens is 1. The standard InChI is InChI=1S/C21H24BrN3O3/c1-5-9-24-13(2)10-17(14(24)3)18(26)12-25-19(27)21(4,23-20(25)28)15-7-6-8-16(22)11-15/h6-8,10-11H,5,9,12H2,1-4H3,(H,23,28). The molecule has 1 fully saturated rings. The van der Waals surface area contributed by atoms with E-state index < -0.39 is 17.5 Å². The second-order valence-corrected chi connectivity index (χ2v) is 8.23. The van der Waals surface area contributed by atoms with Crippen LogP contribution in [0.25, 0.3) is 0 Å². The number of benzene rings is 1. The summed E-state index contributed by atoms with van der Waals surface area (Å²) in [4.78, 5) is 39.5. The summed E-state index contributed by atoms with van der Waals surface area (Å²) in [6.45, 7) is 8.15. The number of ketones is 1. The molecule has 1 saturated heterocycles. The molecule has 0 aliphatic carbocycles. The van der Waals surface area contributed by atoms with E-state index in [4.69, 9.17) is 0 Å². The lowest BCUT2D eigenvalue weighted by molar-refractivity contribution is -0.130. The first-order valence-electron chi connectivity index (χ1n) is 9.29. The molecule has 3 rings (SSSR count). The van der Waals surface area contributed by atoms with Crippen molar-refractivity contribution < 1.29 is 14.4 Å². The Morgan fingerprint density at radius 2 is 1.93 bits per heavy atom. The van der Waals surface area contributed by atoms with Gasteiger partial charge in [-0.3, -0.25) is 14.5 Å². The molecule has 1 aliphatic rings. The fourth-order valence-corrected chi connectivity index (χ4v) is 4.11. The number of amides is 3. The van der Waals surface area contributed by atoms with Crippen LogP contribution in [0.2, 0.25) is 0 Å². The molecule has 0 radical (unpaired) electrons. The number of hydrogen-bond acceptors (Lipinski definition) is 3. The van der Waals surface area contributed by atoms with E-state index in [0.29, 0.717) is 11.1 Å². The number of rotatable bonds is 6. The molecule has 2 aromatic rings. The first-order chi connectivity index (χ1) is 13.2. The van der Waals surface area contributed by atoms with Crippen LogP contribution in [0.4, 0.5) is 4.79 Å². The molecular weight excluding hydrogens is 422 g/mol. The maximum absolute atomic E-state index is 13.0. The van der Waals surface area contributed by atoms with Gasteiger partial charge in [-0.15, -0.1) is 0 Å². The van der Waals surface area contributed by atoms with Crippen molar-refractivity contribution in [3.05, 3.63) is 57.3 Å². The lowest BCUT2D eigenvalue weighted by Crippen LogP contribution is -2.41. The number of halogens is 1. The summed E-state index contributed by atoms with van der Waals surface area (Å²) in [5, 5.41) is 2.74. The second-order valence-electron chi connectivity index (χ2n) is 7.32. The zero-order chi connectivity index (χ0) is 20.6. The normalized spacial score (nSPS) is 19.2. The first kappa shape index (κ1) is 20.3. The Morgan fingerprint density at radius 1 is 1.21 bits per heavy atom. The van der Waals surface area contributed by atoms with Gasteiger partial charge in [0.2, 0.25) is 0 Å². The van der Waals surface area contributed by atoms with E-state index in [-0.39, 0.29) is 12.3 Å². The smallest absolute Gasteiger partial charge is 0.325 e. The van der Waals surface area contributed by atoms with Crippen LogP contribution in [0.3, 0.4) is 0 Å². The molecule has 0 bridgehead atoms. The Hall–Kier alpha value is -2.41. The molecule has 0 spiro atoms. The molecule has 1 aromatic heterocycles. The first-order valence-corrected chi connectivity index (χ1v) is 10.1. The maximum Gasteiger partial charge on any atom is 0.325 e. The molecule has 7 heteroatoms. The van der Waals surface area contributed by atoms with Gasteiger partial charge in [0.05, 0.1) is 6.54 Å². The zero-order valence-corrected chi connectivity index (χ0v) is 18.1. The van der Waals surface area contributed by atoms with Gasteiger partial charge in [0.25, 0.3) is 5.91 Å². The van der Waals surface area contributed by atoms with Gasteiger partial charge < -0.3 is 9.88 Å². The van der Waals surface area contributed by atoms with E-state index in [2.05, 4.69) is 32.7 Å². The predicted octanol–water partition coefficient (Wildman–Crippen LogP) is 3.93. The van der Waals surface area contributed by atoms with E-state index in [9.17, 15) is 14.4 Å². The van der Waals surface area contributed by atoms with Crippen LogP contribution in [-0.2, 0) is 16.9 Å². The van der Waals surface area contributed by atoms with Gasteiger partial charge in [-0.1, -0.05) is 35.0 Å². The van der Waals surface area contributed by atoms with Gasteiger partial charge in [-0.2, -0.15) is 0 Å². The molecule has 1 aromatic carbocycles. The van der Waals surface area contributed by atoms with Crippen LogP contribution in [0.5, 0.6) is 0 Å². The van der Waals surface area contributed by atoms with Gasteiger partial charge in [-0.25, -0.2) is 4.79 Å². The van der Waals surface area contributed by atoms with Gasteiger partial charge in [0.1, 0.15) is 5.54 Å². The summed E-state index contributed by atoms with van der Waals surface area (Å²) in [5.74, 6) is -0.663. The van der Waals surface area contributed by atoms with Crippen molar-refractivity contribution in [2.45, 2.75) is 46.2 Å². The van der Waals surface area contributed by atoms with Crippen LogP contribution in [0, 0.1) is 13.8 Å². The largest absolute Gasteiger partial charge is 0.348 e. The van der Waals surface area contributed by atoms with Gasteiger partial charge in [-0.05, 0) is 51.0 Å². The van der Waals surface area contributed by atoms with E-state index in [0.717, 1.165) is 33.7 Å². The number of carbonyl (C=O) groups is 3. The summed E-state index contributed by atoms with van der Waals surface area (Å²) in [7, 11) is 0. The minimum absolute atomic E-state index is 0.238. The average Bonchev–Trinajstić information content (AvgIpc) is 3.05. The van der Waals surface area contributed by atoms with Crippen molar-refractivity contribution in [3.63, 3.8) is 0 Å². The highest BCUT2D eigenvalue weighted by Crippen LogP contribution is 2.30. The van der Waals surface area contributed by atoms with E-state index >= 15 is 0 Å². The Kier molecular flexibility index (Phi) is 5.48. The highest BCUT2D eigenvalue weighted by molar-refractivity contribution is 9.10. The van der Waals surface area contributed by atoms with Crippen LogP contribution >= 0.6 is 15.9 Å². The highest BCUT2D eigenvalue weighted by Gasteiger charge is 2.49. The minimum atomic E-state index is -1.19. The summed E-state index contributed by atoms with van der Waals surface area (Å²) < 4.78 is 2.90. The molecule has 148 valence electrons. The summed E-state index contributed by atoms with van der Waals surface area (Å²) in [6.07, 6.45) is 0.960. The van der Waals surface area contributed by atoms with Crippen LogP contribution in [0.15, 0.2) is 34.8 Å². The molecule has 3 amide bonds. The minimum Gasteiger partial charge on any atom is -0.348 e. The molecule has 6 nitrogen and oxygen atoms in total. The monoisotopic (exact) mass is 445 g/mol. The molecule has 1 unspecified atom stereocenters. The lowest BCUT2D eigenvalue weighted by atomic mass is 9.92. The fourth-order valence-electron chi connectivity index (χ4n) is 3.72. The molecule has 0 saturated carbocycles. The topological polar surface area (TPSA) is 71.4 Å². The maximum atomic E-state index is 13.0. The third kappa shape index (κ3) is 3.39. The van der Waals surface area contributed by atoms with Crippen molar-refractivity contribution in [3.8, 4) is 0 Å². The van der Waals surface area contributed by atoms with Crippen molar-refractivity contribution in [2.75, 3.05) is 6.54 Å². The quantitative estimate of drug-likeness (QED) is 0.540. The Labute approximate surface area is 173 Å². The van der Waals surface area contributed by atoms with Crippen LogP contribution in [-0.4, -0.2) is 33.7 Å². The van der Waals surface area contributed by atoms with E-state index in [1.807, 2.05) is 26.0 Å². The van der Waals surface area contributed by atoms with Gasteiger partial charge in [0, 0.05) is 28.0 Å². The van der Waals surface area contributed by atoms with Crippen molar-refractivity contribution >= 4 is 33.7 Å². The van der Waals surface area contributed by atoms with Gasteiger partial charge in [0.15, 0.2) is 5.78 Å². The summed E-state index contributed by atoms with van der Waals surface area (Å²) in [6, 6.07) is 8.51. The van der Waals surface area contributed by atoms with E-state index in [1.165, 1.54) is 0 Å².